The third kappa shape index (κ3) is 5.68. The van der Waals surface area contributed by atoms with Crippen molar-refractivity contribution in [3.63, 3.8) is 0 Å². The molecule has 0 fully saturated rings. The molecule has 144 valence electrons. The molecule has 0 aliphatic rings. The minimum atomic E-state index is -0.686. The van der Waals surface area contributed by atoms with Crippen molar-refractivity contribution in [2.45, 2.75) is 13.3 Å². The molecule has 7 nitrogen and oxygen atoms in total. The summed E-state index contributed by atoms with van der Waals surface area (Å²) in [5.41, 5.74) is 1.83. The maximum Gasteiger partial charge on any atom is 0.339 e. The quantitative estimate of drug-likeness (QED) is 0.682. The summed E-state index contributed by atoms with van der Waals surface area (Å²) in [6.45, 7) is 1.77. The van der Waals surface area contributed by atoms with Crippen molar-refractivity contribution in [2.75, 3.05) is 19.7 Å². The second kappa shape index (κ2) is 10.5. The minimum absolute atomic E-state index is 0.178. The van der Waals surface area contributed by atoms with Crippen LogP contribution in [0.1, 0.15) is 29.3 Å². The zero-order chi connectivity index (χ0) is 20.4. The Morgan fingerprint density at radius 2 is 1.64 bits per heavy atom. The molecule has 2 aromatic rings. The van der Waals surface area contributed by atoms with Gasteiger partial charge in [-0.05, 0) is 24.1 Å². The number of esters is 1. The average Bonchev–Trinajstić information content (AvgIpc) is 2.74. The molecule has 0 spiro atoms. The van der Waals surface area contributed by atoms with Crippen molar-refractivity contribution in [2.24, 2.45) is 0 Å². The van der Waals surface area contributed by atoms with Crippen LogP contribution in [0.15, 0.2) is 48.5 Å². The van der Waals surface area contributed by atoms with Crippen molar-refractivity contribution in [1.82, 2.24) is 10.6 Å². The molecule has 2 aromatic carbocycles. The van der Waals surface area contributed by atoms with E-state index < -0.39 is 18.5 Å². The van der Waals surface area contributed by atoms with Crippen LogP contribution < -0.4 is 10.6 Å². The topological polar surface area (TPSA) is 108 Å². The van der Waals surface area contributed by atoms with E-state index in [1.807, 2.05) is 6.92 Å². The normalized spacial score (nSPS) is 9.86. The second-order valence-electron chi connectivity index (χ2n) is 5.91. The number of hydrogen-bond donors (Lipinski definition) is 2. The van der Waals surface area contributed by atoms with Crippen LogP contribution in [-0.2, 0) is 14.3 Å². The Morgan fingerprint density at radius 3 is 2.36 bits per heavy atom. The molecule has 0 aliphatic carbocycles. The van der Waals surface area contributed by atoms with Crippen LogP contribution in [0.3, 0.4) is 0 Å². The highest BCUT2D eigenvalue weighted by Gasteiger charge is 2.17. The van der Waals surface area contributed by atoms with Crippen LogP contribution in [0, 0.1) is 11.3 Å². The molecular weight excluding hydrogens is 358 g/mol. The Kier molecular flexibility index (Phi) is 7.73. The summed E-state index contributed by atoms with van der Waals surface area (Å²) in [5, 5.41) is 14.3. The molecule has 0 aliphatic heterocycles. The molecule has 2 amide bonds. The number of carbonyl (C=O) groups excluding carboxylic acids is 3. The summed E-state index contributed by atoms with van der Waals surface area (Å²) in [6, 6.07) is 15.7. The first-order chi connectivity index (χ1) is 13.6. The van der Waals surface area contributed by atoms with E-state index in [1.54, 1.807) is 48.5 Å². The van der Waals surface area contributed by atoms with Crippen molar-refractivity contribution >= 4 is 17.8 Å². The largest absolute Gasteiger partial charge is 0.452 e. The number of amides is 2. The molecule has 0 radical (unpaired) electrons. The molecule has 0 saturated heterocycles. The lowest BCUT2D eigenvalue weighted by molar-refractivity contribution is -0.127. The van der Waals surface area contributed by atoms with Gasteiger partial charge in [-0.3, -0.25) is 9.59 Å². The fourth-order valence-electron chi connectivity index (χ4n) is 2.48. The zero-order valence-corrected chi connectivity index (χ0v) is 15.5. The molecule has 0 atom stereocenters. The second-order valence-corrected chi connectivity index (χ2v) is 5.91. The molecule has 2 rings (SSSR count). The van der Waals surface area contributed by atoms with Gasteiger partial charge in [0.05, 0.1) is 23.7 Å². The summed E-state index contributed by atoms with van der Waals surface area (Å²) in [6.07, 6.45) is 0.797. The Morgan fingerprint density at radius 1 is 0.964 bits per heavy atom. The molecule has 0 bridgehead atoms. The lowest BCUT2D eigenvalue weighted by Gasteiger charge is -2.11. The van der Waals surface area contributed by atoms with Gasteiger partial charge in [0.15, 0.2) is 6.61 Å². The summed E-state index contributed by atoms with van der Waals surface area (Å²) >= 11 is 0. The zero-order valence-electron chi connectivity index (χ0n) is 15.5. The third-order valence-electron chi connectivity index (χ3n) is 3.84. The lowest BCUT2D eigenvalue weighted by atomic mass is 9.96. The van der Waals surface area contributed by atoms with Crippen LogP contribution in [0.25, 0.3) is 11.1 Å². The van der Waals surface area contributed by atoms with E-state index in [0.717, 1.165) is 6.42 Å². The van der Waals surface area contributed by atoms with Crippen LogP contribution in [0.5, 0.6) is 0 Å². The summed E-state index contributed by atoms with van der Waals surface area (Å²) in [7, 11) is 0. The van der Waals surface area contributed by atoms with Gasteiger partial charge in [0.2, 0.25) is 5.91 Å². The lowest BCUT2D eigenvalue weighted by Crippen LogP contribution is -2.38. The summed E-state index contributed by atoms with van der Waals surface area (Å²) in [5.74, 6) is -1.57. The predicted molar refractivity (Wildman–Crippen MR) is 103 cm³/mol. The van der Waals surface area contributed by atoms with Gasteiger partial charge in [0, 0.05) is 12.1 Å². The number of hydrogen-bond acceptors (Lipinski definition) is 5. The van der Waals surface area contributed by atoms with Crippen LogP contribution in [-0.4, -0.2) is 37.5 Å². The maximum atomic E-state index is 12.5. The van der Waals surface area contributed by atoms with E-state index in [4.69, 9.17) is 4.74 Å². The maximum absolute atomic E-state index is 12.5. The first-order valence-corrected chi connectivity index (χ1v) is 8.85. The standard InChI is InChI=1S/C21H21N3O4/c1-2-11-23-19(25)13-24-20(26)14-28-21(27)18-10-6-5-9-17(18)16-8-4-3-7-15(16)12-22/h3-10H,2,11,13-14H2,1H3,(H,23,25)(H,24,26). The molecule has 7 heteroatoms. The molecule has 0 heterocycles. The first-order valence-electron chi connectivity index (χ1n) is 8.85. The van der Waals surface area contributed by atoms with Crippen LogP contribution in [0.4, 0.5) is 0 Å². The number of nitriles is 1. The number of rotatable bonds is 8. The monoisotopic (exact) mass is 379 g/mol. The van der Waals surface area contributed by atoms with Gasteiger partial charge in [-0.1, -0.05) is 43.3 Å². The summed E-state index contributed by atoms with van der Waals surface area (Å²) < 4.78 is 5.07. The molecule has 0 aromatic heterocycles. The predicted octanol–water partition coefficient (Wildman–Crippen LogP) is 2.02. The van der Waals surface area contributed by atoms with E-state index >= 15 is 0 Å². The van der Waals surface area contributed by atoms with Gasteiger partial charge in [-0.15, -0.1) is 0 Å². The van der Waals surface area contributed by atoms with E-state index in [-0.39, 0.29) is 18.0 Å². The fraction of sp³-hybridized carbons (Fsp3) is 0.238. The number of carbonyl (C=O) groups is 3. The SMILES string of the molecule is CCCNC(=O)CNC(=O)COC(=O)c1ccccc1-c1ccccc1C#N. The van der Waals surface area contributed by atoms with Crippen molar-refractivity contribution in [3.05, 3.63) is 59.7 Å². The van der Waals surface area contributed by atoms with Gasteiger partial charge < -0.3 is 15.4 Å². The minimum Gasteiger partial charge on any atom is -0.452 e. The average molecular weight is 379 g/mol. The van der Waals surface area contributed by atoms with Crippen LogP contribution >= 0.6 is 0 Å². The van der Waals surface area contributed by atoms with Gasteiger partial charge in [0.1, 0.15) is 0 Å². The Labute approximate surface area is 163 Å². The van der Waals surface area contributed by atoms with E-state index in [0.29, 0.717) is 23.2 Å². The smallest absolute Gasteiger partial charge is 0.339 e. The van der Waals surface area contributed by atoms with Crippen molar-refractivity contribution in [3.8, 4) is 17.2 Å². The molecular formula is C21H21N3O4. The molecule has 0 saturated carbocycles. The highest BCUT2D eigenvalue weighted by atomic mass is 16.5. The highest BCUT2D eigenvalue weighted by Crippen LogP contribution is 2.27. The number of nitrogens with zero attached hydrogens (tertiary/aromatic N) is 1. The van der Waals surface area contributed by atoms with Gasteiger partial charge in [0.25, 0.3) is 5.91 Å². The Bertz CT molecular complexity index is 903. The van der Waals surface area contributed by atoms with E-state index in [1.165, 1.54) is 0 Å². The Balaban J connectivity index is 2.01. The van der Waals surface area contributed by atoms with Crippen molar-refractivity contribution in [1.29, 1.82) is 5.26 Å². The number of ether oxygens (including phenoxy) is 1. The molecule has 0 unspecified atom stereocenters. The number of nitrogens with one attached hydrogen (secondary N) is 2. The molecule has 28 heavy (non-hydrogen) atoms. The van der Waals surface area contributed by atoms with Gasteiger partial charge >= 0.3 is 5.97 Å². The fourth-order valence-corrected chi connectivity index (χ4v) is 2.48. The van der Waals surface area contributed by atoms with Gasteiger partial charge in [-0.2, -0.15) is 5.26 Å². The van der Waals surface area contributed by atoms with E-state index in [2.05, 4.69) is 16.7 Å². The third-order valence-corrected chi connectivity index (χ3v) is 3.84. The number of benzene rings is 2. The van der Waals surface area contributed by atoms with Crippen LogP contribution in [0.2, 0.25) is 0 Å². The van der Waals surface area contributed by atoms with Gasteiger partial charge in [-0.25, -0.2) is 4.79 Å². The Hall–Kier alpha value is -3.66. The summed E-state index contributed by atoms with van der Waals surface area (Å²) in [4.78, 5) is 35.7. The molecule has 2 N–H and O–H groups in total. The van der Waals surface area contributed by atoms with Crippen molar-refractivity contribution < 1.29 is 19.1 Å². The van der Waals surface area contributed by atoms with E-state index in [9.17, 15) is 19.6 Å². The first kappa shape index (κ1) is 20.6. The highest BCUT2D eigenvalue weighted by molar-refractivity contribution is 5.99.